The van der Waals surface area contributed by atoms with Crippen molar-refractivity contribution in [3.05, 3.63) is 0 Å². The van der Waals surface area contributed by atoms with Gasteiger partial charge in [-0.2, -0.15) is 11.8 Å². The van der Waals surface area contributed by atoms with Gasteiger partial charge in [0.1, 0.15) is 0 Å². The lowest BCUT2D eigenvalue weighted by Crippen LogP contribution is -2.07. The van der Waals surface area contributed by atoms with Crippen molar-refractivity contribution in [2.24, 2.45) is 0 Å². The van der Waals surface area contributed by atoms with Crippen LogP contribution >= 0.6 is 11.8 Å². The fraction of sp³-hybridized carbons (Fsp3) is 1.00. The molecule has 1 saturated carbocycles. The highest BCUT2D eigenvalue weighted by atomic mass is 32.2. The Morgan fingerprint density at radius 1 is 1.33 bits per heavy atom. The highest BCUT2D eigenvalue weighted by Gasteiger charge is 2.27. The van der Waals surface area contributed by atoms with Crippen LogP contribution in [0.25, 0.3) is 0 Å². The zero-order valence-electron chi connectivity index (χ0n) is 5.51. The highest BCUT2D eigenvalue weighted by molar-refractivity contribution is 7.99. The summed E-state index contributed by atoms with van der Waals surface area (Å²) < 4.78 is 5.57. The summed E-state index contributed by atoms with van der Waals surface area (Å²) in [6, 6.07) is 0. The lowest BCUT2D eigenvalue weighted by atomic mass is 10.3. The molecule has 2 heteroatoms. The van der Waals surface area contributed by atoms with E-state index in [4.69, 9.17) is 4.74 Å². The van der Waals surface area contributed by atoms with E-state index in [1.54, 1.807) is 0 Å². The third-order valence-electron chi connectivity index (χ3n) is 2.13. The Bertz CT molecular complexity index is 93.1. The maximum atomic E-state index is 5.57. The van der Waals surface area contributed by atoms with Crippen LogP contribution in [-0.2, 0) is 4.74 Å². The SMILES string of the molecule is C1CSC2CCC(C2)O1. The van der Waals surface area contributed by atoms with Gasteiger partial charge in [0.25, 0.3) is 0 Å². The van der Waals surface area contributed by atoms with Crippen molar-refractivity contribution >= 4 is 11.8 Å². The summed E-state index contributed by atoms with van der Waals surface area (Å²) in [5, 5.41) is 0.942. The van der Waals surface area contributed by atoms with Crippen LogP contribution < -0.4 is 0 Å². The lowest BCUT2D eigenvalue weighted by molar-refractivity contribution is 0.0726. The molecule has 2 rings (SSSR count). The van der Waals surface area contributed by atoms with E-state index in [2.05, 4.69) is 11.8 Å². The van der Waals surface area contributed by atoms with Gasteiger partial charge in [-0.05, 0) is 19.3 Å². The molecule has 0 radical (unpaired) electrons. The molecular formula is C7H12OS. The van der Waals surface area contributed by atoms with Crippen molar-refractivity contribution in [3.63, 3.8) is 0 Å². The molecule has 0 aromatic carbocycles. The van der Waals surface area contributed by atoms with Crippen LogP contribution in [0.3, 0.4) is 0 Å². The molecule has 52 valence electrons. The van der Waals surface area contributed by atoms with Gasteiger partial charge in [-0.25, -0.2) is 0 Å². The van der Waals surface area contributed by atoms with Gasteiger partial charge in [0, 0.05) is 11.0 Å². The Morgan fingerprint density at radius 3 is 3.33 bits per heavy atom. The molecule has 9 heavy (non-hydrogen) atoms. The average Bonchev–Trinajstić information content (AvgIpc) is 2.09. The van der Waals surface area contributed by atoms with Crippen molar-refractivity contribution in [2.75, 3.05) is 12.4 Å². The van der Waals surface area contributed by atoms with Crippen molar-refractivity contribution in [2.45, 2.75) is 30.6 Å². The largest absolute Gasteiger partial charge is 0.377 e. The molecule has 0 aromatic rings. The zero-order valence-corrected chi connectivity index (χ0v) is 6.32. The monoisotopic (exact) mass is 144 g/mol. The van der Waals surface area contributed by atoms with Gasteiger partial charge < -0.3 is 4.74 Å². The molecule has 0 aromatic heterocycles. The number of thioether (sulfide) groups is 1. The summed E-state index contributed by atoms with van der Waals surface area (Å²) in [5.41, 5.74) is 0. The predicted molar refractivity (Wildman–Crippen MR) is 39.8 cm³/mol. The number of ether oxygens (including phenoxy) is 1. The maximum absolute atomic E-state index is 5.57. The van der Waals surface area contributed by atoms with Gasteiger partial charge in [0.15, 0.2) is 0 Å². The Kier molecular flexibility index (Phi) is 1.68. The average molecular weight is 144 g/mol. The minimum absolute atomic E-state index is 0.630. The molecule has 1 nitrogen and oxygen atoms in total. The van der Waals surface area contributed by atoms with Crippen LogP contribution in [0.15, 0.2) is 0 Å². The Balaban J connectivity index is 1.99. The second-order valence-corrected chi connectivity index (χ2v) is 4.21. The molecule has 0 amide bonds. The first-order valence-electron chi connectivity index (χ1n) is 3.68. The first-order valence-corrected chi connectivity index (χ1v) is 4.73. The van der Waals surface area contributed by atoms with E-state index in [0.29, 0.717) is 6.10 Å². The number of hydrogen-bond donors (Lipinski definition) is 0. The van der Waals surface area contributed by atoms with Gasteiger partial charge in [0.05, 0.1) is 12.7 Å². The molecular weight excluding hydrogens is 132 g/mol. The van der Waals surface area contributed by atoms with Gasteiger partial charge in [-0.15, -0.1) is 0 Å². The van der Waals surface area contributed by atoms with Crippen molar-refractivity contribution in [3.8, 4) is 0 Å². The topological polar surface area (TPSA) is 9.23 Å². The van der Waals surface area contributed by atoms with Crippen LogP contribution in [0, 0.1) is 0 Å². The predicted octanol–water partition coefficient (Wildman–Crippen LogP) is 1.67. The van der Waals surface area contributed by atoms with E-state index in [1.807, 2.05) is 0 Å². The van der Waals surface area contributed by atoms with E-state index >= 15 is 0 Å². The second-order valence-electron chi connectivity index (χ2n) is 2.80. The quantitative estimate of drug-likeness (QED) is 0.511. The molecule has 1 aliphatic heterocycles. The van der Waals surface area contributed by atoms with Crippen molar-refractivity contribution < 1.29 is 4.74 Å². The highest BCUT2D eigenvalue weighted by Crippen LogP contribution is 2.33. The Morgan fingerprint density at radius 2 is 2.33 bits per heavy atom. The summed E-state index contributed by atoms with van der Waals surface area (Å²) in [6.45, 7) is 0.992. The van der Waals surface area contributed by atoms with Crippen LogP contribution in [0.1, 0.15) is 19.3 Å². The Labute approximate surface area is 60.2 Å². The summed E-state index contributed by atoms with van der Waals surface area (Å²) in [7, 11) is 0. The molecule has 2 bridgehead atoms. The standard InChI is InChI=1S/C7H12OS/c1-2-7-5-6(1)8-3-4-9-7/h6-7H,1-5H2. The van der Waals surface area contributed by atoms with Crippen LogP contribution in [0.2, 0.25) is 0 Å². The van der Waals surface area contributed by atoms with E-state index < -0.39 is 0 Å². The molecule has 2 unspecified atom stereocenters. The molecule has 2 aliphatic rings. The van der Waals surface area contributed by atoms with Crippen LogP contribution in [-0.4, -0.2) is 23.7 Å². The fourth-order valence-corrected chi connectivity index (χ4v) is 2.81. The van der Waals surface area contributed by atoms with Crippen LogP contribution in [0.5, 0.6) is 0 Å². The van der Waals surface area contributed by atoms with Gasteiger partial charge in [-0.1, -0.05) is 0 Å². The number of rotatable bonds is 0. The first kappa shape index (κ1) is 6.05. The summed E-state index contributed by atoms with van der Waals surface area (Å²) in [5.74, 6) is 1.22. The summed E-state index contributed by atoms with van der Waals surface area (Å²) >= 11 is 2.10. The van der Waals surface area contributed by atoms with E-state index in [0.717, 1.165) is 11.9 Å². The third kappa shape index (κ3) is 1.24. The van der Waals surface area contributed by atoms with E-state index in [9.17, 15) is 0 Å². The fourth-order valence-electron chi connectivity index (χ4n) is 1.63. The minimum atomic E-state index is 0.630. The molecule has 1 heterocycles. The Hall–Kier alpha value is 0.310. The van der Waals surface area contributed by atoms with E-state index in [1.165, 1.54) is 25.0 Å². The lowest BCUT2D eigenvalue weighted by Gasteiger charge is -2.07. The van der Waals surface area contributed by atoms with Gasteiger partial charge in [-0.3, -0.25) is 0 Å². The van der Waals surface area contributed by atoms with Crippen molar-refractivity contribution in [1.29, 1.82) is 0 Å². The van der Waals surface area contributed by atoms with E-state index in [-0.39, 0.29) is 0 Å². The smallest absolute Gasteiger partial charge is 0.0586 e. The van der Waals surface area contributed by atoms with Gasteiger partial charge in [0.2, 0.25) is 0 Å². The maximum Gasteiger partial charge on any atom is 0.0586 e. The number of fused-ring (bicyclic) bond motifs is 2. The molecule has 1 saturated heterocycles. The molecule has 2 fully saturated rings. The molecule has 0 N–H and O–H groups in total. The van der Waals surface area contributed by atoms with Crippen molar-refractivity contribution in [1.82, 2.24) is 0 Å². The number of hydrogen-bond acceptors (Lipinski definition) is 2. The second kappa shape index (κ2) is 2.51. The summed E-state index contributed by atoms with van der Waals surface area (Å²) in [4.78, 5) is 0. The third-order valence-corrected chi connectivity index (χ3v) is 3.43. The van der Waals surface area contributed by atoms with Crippen LogP contribution in [0.4, 0.5) is 0 Å². The zero-order chi connectivity index (χ0) is 6.10. The molecule has 2 atom stereocenters. The molecule has 0 spiro atoms. The summed E-state index contributed by atoms with van der Waals surface area (Å²) in [6.07, 6.45) is 4.67. The van der Waals surface area contributed by atoms with Gasteiger partial charge >= 0.3 is 0 Å². The first-order chi connectivity index (χ1) is 4.45. The minimum Gasteiger partial charge on any atom is -0.377 e. The normalized spacial score (nSPS) is 42.7. The molecule has 1 aliphatic carbocycles.